The van der Waals surface area contributed by atoms with Crippen molar-refractivity contribution in [3.8, 4) is 0 Å². The maximum atomic E-state index is 12.4. The molecule has 2 aromatic rings. The van der Waals surface area contributed by atoms with Crippen molar-refractivity contribution in [2.75, 3.05) is 6.54 Å². The fourth-order valence-corrected chi connectivity index (χ4v) is 3.27. The molecule has 140 valence electrons. The van der Waals surface area contributed by atoms with Crippen molar-refractivity contribution in [1.29, 1.82) is 0 Å². The molecule has 3 rings (SSSR count). The summed E-state index contributed by atoms with van der Waals surface area (Å²) >= 11 is 0. The highest BCUT2D eigenvalue weighted by atomic mass is 16.3. The van der Waals surface area contributed by atoms with E-state index in [1.165, 1.54) is 0 Å². The molecule has 26 heavy (non-hydrogen) atoms. The topological polar surface area (TPSA) is 80.4 Å². The molecule has 0 radical (unpaired) electrons. The third kappa shape index (κ3) is 4.15. The minimum Gasteiger partial charge on any atom is -0.467 e. The highest BCUT2D eigenvalue weighted by Gasteiger charge is 2.29. The Balaban J connectivity index is 1.61. The maximum Gasteiger partial charge on any atom is 0.226 e. The third-order valence-corrected chi connectivity index (χ3v) is 4.57. The number of nitrogens with zero attached hydrogens (tertiary/aromatic N) is 3. The van der Waals surface area contributed by atoms with Gasteiger partial charge in [0, 0.05) is 25.7 Å². The van der Waals surface area contributed by atoms with E-state index in [1.54, 1.807) is 12.3 Å². The van der Waals surface area contributed by atoms with Crippen molar-refractivity contribution in [1.82, 2.24) is 19.8 Å². The lowest BCUT2D eigenvalue weighted by Gasteiger charge is -2.34. The van der Waals surface area contributed by atoms with E-state index >= 15 is 0 Å². The van der Waals surface area contributed by atoms with Crippen LogP contribution in [-0.2, 0) is 29.1 Å². The predicted octanol–water partition coefficient (Wildman–Crippen LogP) is 2.28. The Morgan fingerprint density at radius 1 is 1.38 bits per heavy atom. The lowest BCUT2D eigenvalue weighted by Crippen LogP contribution is -2.41. The van der Waals surface area contributed by atoms with Crippen LogP contribution in [0.25, 0.3) is 0 Å². The number of carbonyl (C=O) groups excluding carboxylic acids is 2. The average molecular weight is 358 g/mol. The first-order chi connectivity index (χ1) is 12.4. The number of nitrogens with one attached hydrogen (secondary N) is 1. The fraction of sp³-hybridized carbons (Fsp3) is 0.526. The Morgan fingerprint density at radius 2 is 2.19 bits per heavy atom. The van der Waals surface area contributed by atoms with Crippen LogP contribution in [0.15, 0.2) is 29.0 Å². The lowest BCUT2D eigenvalue weighted by atomic mass is 10.1. The molecule has 0 saturated heterocycles. The van der Waals surface area contributed by atoms with Crippen molar-refractivity contribution < 1.29 is 14.0 Å². The molecule has 0 unspecified atom stereocenters. The summed E-state index contributed by atoms with van der Waals surface area (Å²) in [5.74, 6) is 1.97. The van der Waals surface area contributed by atoms with Gasteiger partial charge in [0.1, 0.15) is 11.6 Å². The molecule has 7 nitrogen and oxygen atoms in total. The van der Waals surface area contributed by atoms with Crippen LogP contribution in [-0.4, -0.2) is 32.8 Å². The van der Waals surface area contributed by atoms with Crippen LogP contribution in [0.4, 0.5) is 0 Å². The Kier molecular flexibility index (Phi) is 5.44. The van der Waals surface area contributed by atoms with Crippen LogP contribution in [0.1, 0.15) is 50.5 Å². The SMILES string of the molecule is CC(C)CC(=O)N1CCn2cc(CC(=O)NCc3ccco3)nc2[C@H]1C. The third-order valence-electron chi connectivity index (χ3n) is 4.57. The zero-order chi connectivity index (χ0) is 18.7. The van der Waals surface area contributed by atoms with E-state index in [0.717, 1.165) is 17.3 Å². The van der Waals surface area contributed by atoms with E-state index in [-0.39, 0.29) is 24.3 Å². The highest BCUT2D eigenvalue weighted by molar-refractivity contribution is 5.78. The van der Waals surface area contributed by atoms with Crippen LogP contribution in [0.3, 0.4) is 0 Å². The molecule has 1 atom stereocenters. The van der Waals surface area contributed by atoms with E-state index < -0.39 is 0 Å². The van der Waals surface area contributed by atoms with Crippen molar-refractivity contribution in [2.45, 2.75) is 52.7 Å². The number of hydrogen-bond donors (Lipinski definition) is 1. The summed E-state index contributed by atoms with van der Waals surface area (Å²) in [5, 5.41) is 2.83. The number of fused-ring (bicyclic) bond motifs is 1. The van der Waals surface area contributed by atoms with Gasteiger partial charge in [-0.05, 0) is 25.0 Å². The molecule has 0 fully saturated rings. The summed E-state index contributed by atoms with van der Waals surface area (Å²) in [5.41, 5.74) is 0.724. The molecular weight excluding hydrogens is 332 g/mol. The zero-order valence-electron chi connectivity index (χ0n) is 15.6. The van der Waals surface area contributed by atoms with Crippen LogP contribution < -0.4 is 5.32 Å². The van der Waals surface area contributed by atoms with E-state index in [4.69, 9.17) is 4.42 Å². The van der Waals surface area contributed by atoms with Gasteiger partial charge in [-0.15, -0.1) is 0 Å². The Hall–Kier alpha value is -2.57. The van der Waals surface area contributed by atoms with Gasteiger partial charge in [0.25, 0.3) is 0 Å². The second-order valence-corrected chi connectivity index (χ2v) is 7.18. The van der Waals surface area contributed by atoms with E-state index in [0.29, 0.717) is 32.0 Å². The van der Waals surface area contributed by atoms with E-state index in [1.807, 2.05) is 37.9 Å². The van der Waals surface area contributed by atoms with Gasteiger partial charge in [0.2, 0.25) is 11.8 Å². The molecule has 0 saturated carbocycles. The number of imidazole rings is 1. The monoisotopic (exact) mass is 358 g/mol. The smallest absolute Gasteiger partial charge is 0.226 e. The van der Waals surface area contributed by atoms with Crippen LogP contribution in [0, 0.1) is 5.92 Å². The summed E-state index contributed by atoms with van der Waals surface area (Å²) in [7, 11) is 0. The molecule has 1 N–H and O–H groups in total. The molecule has 3 heterocycles. The van der Waals surface area contributed by atoms with Crippen molar-refractivity contribution in [3.05, 3.63) is 41.9 Å². The molecule has 0 aromatic carbocycles. The van der Waals surface area contributed by atoms with E-state index in [9.17, 15) is 9.59 Å². The highest BCUT2D eigenvalue weighted by Crippen LogP contribution is 2.26. The van der Waals surface area contributed by atoms with Crippen LogP contribution >= 0.6 is 0 Å². The summed E-state index contributed by atoms with van der Waals surface area (Å²) in [6, 6.07) is 3.54. The first kappa shape index (κ1) is 18.2. The minimum atomic E-state index is -0.0998. The van der Waals surface area contributed by atoms with Crippen LogP contribution in [0.2, 0.25) is 0 Å². The van der Waals surface area contributed by atoms with Crippen LogP contribution in [0.5, 0.6) is 0 Å². The molecule has 0 spiro atoms. The van der Waals surface area contributed by atoms with Gasteiger partial charge in [0.05, 0.1) is 31.0 Å². The number of aromatic nitrogens is 2. The molecule has 0 bridgehead atoms. The average Bonchev–Trinajstić information content (AvgIpc) is 3.22. The lowest BCUT2D eigenvalue weighted by molar-refractivity contribution is -0.135. The summed E-state index contributed by atoms with van der Waals surface area (Å²) in [4.78, 5) is 31.1. The standard InChI is InChI=1S/C19H26N4O3/c1-13(2)9-18(25)23-7-6-22-12-15(21-19(22)14(23)3)10-17(24)20-11-16-5-4-8-26-16/h4-5,8,12-14H,6-7,9-11H2,1-3H3,(H,20,24)/t14-/m1/s1. The van der Waals surface area contributed by atoms with Crippen molar-refractivity contribution >= 4 is 11.8 Å². The number of rotatable bonds is 6. The quantitative estimate of drug-likeness (QED) is 0.859. The first-order valence-corrected chi connectivity index (χ1v) is 9.08. The second-order valence-electron chi connectivity index (χ2n) is 7.18. The van der Waals surface area contributed by atoms with Gasteiger partial charge in [0.15, 0.2) is 0 Å². The molecule has 0 aliphatic carbocycles. The zero-order valence-corrected chi connectivity index (χ0v) is 15.6. The molecule has 7 heteroatoms. The van der Waals surface area contributed by atoms with Gasteiger partial charge in [-0.1, -0.05) is 13.8 Å². The normalized spacial score (nSPS) is 16.6. The van der Waals surface area contributed by atoms with Gasteiger partial charge in [-0.25, -0.2) is 4.98 Å². The van der Waals surface area contributed by atoms with Gasteiger partial charge in [-0.3, -0.25) is 9.59 Å². The molecule has 1 aliphatic rings. The van der Waals surface area contributed by atoms with E-state index in [2.05, 4.69) is 14.9 Å². The maximum absolute atomic E-state index is 12.4. The minimum absolute atomic E-state index is 0.0741. The van der Waals surface area contributed by atoms with Gasteiger partial charge < -0.3 is 19.2 Å². The predicted molar refractivity (Wildman–Crippen MR) is 96.1 cm³/mol. The summed E-state index contributed by atoms with van der Waals surface area (Å²) < 4.78 is 7.26. The second kappa shape index (κ2) is 7.76. The first-order valence-electron chi connectivity index (χ1n) is 9.08. The molecular formula is C19H26N4O3. The number of carbonyl (C=O) groups is 2. The summed E-state index contributed by atoms with van der Waals surface area (Å²) in [6.45, 7) is 7.86. The number of furan rings is 1. The van der Waals surface area contributed by atoms with Crippen molar-refractivity contribution in [2.24, 2.45) is 5.92 Å². The fourth-order valence-electron chi connectivity index (χ4n) is 3.27. The summed E-state index contributed by atoms with van der Waals surface area (Å²) in [6.07, 6.45) is 4.27. The van der Waals surface area contributed by atoms with Crippen molar-refractivity contribution in [3.63, 3.8) is 0 Å². The van der Waals surface area contributed by atoms with Gasteiger partial charge >= 0.3 is 0 Å². The molecule has 2 amide bonds. The Morgan fingerprint density at radius 3 is 2.88 bits per heavy atom. The number of hydrogen-bond acceptors (Lipinski definition) is 4. The number of amides is 2. The largest absolute Gasteiger partial charge is 0.467 e. The molecule has 2 aromatic heterocycles. The van der Waals surface area contributed by atoms with Gasteiger partial charge in [-0.2, -0.15) is 0 Å². The molecule has 1 aliphatic heterocycles. The Labute approximate surface area is 153 Å². The Bertz CT molecular complexity index is 764.